The van der Waals surface area contributed by atoms with Crippen LogP contribution < -0.4 is 11.1 Å². The van der Waals surface area contributed by atoms with Crippen molar-refractivity contribution in [3.63, 3.8) is 0 Å². The molecule has 92 valence electrons. The Morgan fingerprint density at radius 2 is 2.06 bits per heavy atom. The number of nitrogen functional groups attached to an aromatic ring is 1. The van der Waals surface area contributed by atoms with Crippen molar-refractivity contribution in [1.29, 1.82) is 0 Å². The van der Waals surface area contributed by atoms with E-state index in [4.69, 9.17) is 5.73 Å². The van der Waals surface area contributed by atoms with Gasteiger partial charge in [0.2, 0.25) is 0 Å². The lowest BCUT2D eigenvalue weighted by atomic mass is 10.1. The molecule has 1 amide bonds. The van der Waals surface area contributed by atoms with Gasteiger partial charge in [-0.1, -0.05) is 17.7 Å². The number of hydrogen-bond donors (Lipinski definition) is 2. The van der Waals surface area contributed by atoms with Crippen molar-refractivity contribution in [2.45, 2.75) is 13.8 Å². The van der Waals surface area contributed by atoms with E-state index in [1.165, 1.54) is 6.20 Å². The number of rotatable bonds is 2. The number of nitrogens with one attached hydrogen (secondary N) is 1. The van der Waals surface area contributed by atoms with E-state index in [-0.39, 0.29) is 5.91 Å². The normalized spacial score (nSPS) is 10.1. The number of amides is 1. The quantitative estimate of drug-likeness (QED) is 0.849. The molecule has 4 nitrogen and oxygen atoms in total. The van der Waals surface area contributed by atoms with Crippen LogP contribution in [0.1, 0.15) is 21.5 Å². The summed E-state index contributed by atoms with van der Waals surface area (Å²) in [7, 11) is 0. The van der Waals surface area contributed by atoms with E-state index in [1.54, 1.807) is 12.3 Å². The molecule has 2 rings (SSSR count). The molecule has 0 aliphatic heterocycles. The van der Waals surface area contributed by atoms with Crippen LogP contribution in [0.25, 0.3) is 0 Å². The van der Waals surface area contributed by atoms with Gasteiger partial charge in [0.05, 0.1) is 17.4 Å². The summed E-state index contributed by atoms with van der Waals surface area (Å²) in [5.41, 5.74) is 9.50. The van der Waals surface area contributed by atoms with Crippen molar-refractivity contribution in [2.75, 3.05) is 11.1 Å². The topological polar surface area (TPSA) is 68.0 Å². The van der Waals surface area contributed by atoms with Crippen molar-refractivity contribution >= 4 is 17.3 Å². The Labute approximate surface area is 106 Å². The molecule has 1 heterocycles. The molecule has 1 aromatic heterocycles. The van der Waals surface area contributed by atoms with Crippen molar-refractivity contribution in [1.82, 2.24) is 4.98 Å². The fourth-order valence-corrected chi connectivity index (χ4v) is 1.76. The Balaban J connectivity index is 2.24. The van der Waals surface area contributed by atoms with Gasteiger partial charge >= 0.3 is 0 Å². The van der Waals surface area contributed by atoms with Gasteiger partial charge in [-0.2, -0.15) is 0 Å². The third kappa shape index (κ3) is 2.48. The monoisotopic (exact) mass is 241 g/mol. The van der Waals surface area contributed by atoms with Gasteiger partial charge in [-0.3, -0.25) is 9.78 Å². The molecular weight excluding hydrogens is 226 g/mol. The van der Waals surface area contributed by atoms with Crippen LogP contribution >= 0.6 is 0 Å². The maximum absolute atomic E-state index is 12.1. The van der Waals surface area contributed by atoms with Crippen LogP contribution in [0, 0.1) is 13.8 Å². The van der Waals surface area contributed by atoms with Crippen molar-refractivity contribution in [2.24, 2.45) is 0 Å². The molecule has 0 saturated heterocycles. The molecule has 4 heteroatoms. The Morgan fingerprint density at radius 1 is 1.28 bits per heavy atom. The van der Waals surface area contributed by atoms with Gasteiger partial charge in [0.25, 0.3) is 5.91 Å². The average molecular weight is 241 g/mol. The highest BCUT2D eigenvalue weighted by Crippen LogP contribution is 2.18. The van der Waals surface area contributed by atoms with Gasteiger partial charge in [0.15, 0.2) is 0 Å². The molecule has 0 saturated carbocycles. The van der Waals surface area contributed by atoms with Gasteiger partial charge in [0.1, 0.15) is 0 Å². The van der Waals surface area contributed by atoms with E-state index in [2.05, 4.69) is 10.3 Å². The molecule has 0 spiro atoms. The summed E-state index contributed by atoms with van der Waals surface area (Å²) in [6, 6.07) is 7.47. The first-order valence-electron chi connectivity index (χ1n) is 5.66. The predicted molar refractivity (Wildman–Crippen MR) is 72.5 cm³/mol. The van der Waals surface area contributed by atoms with Crippen LogP contribution in [0.5, 0.6) is 0 Å². The SMILES string of the molecule is Cc1ccc(NC(=O)c2ccncc2N)c(C)c1. The third-order valence-electron chi connectivity index (χ3n) is 2.73. The summed E-state index contributed by atoms with van der Waals surface area (Å²) in [5.74, 6) is -0.221. The Hall–Kier alpha value is -2.36. The summed E-state index contributed by atoms with van der Waals surface area (Å²) in [6.07, 6.45) is 3.02. The number of benzene rings is 1. The van der Waals surface area contributed by atoms with Crippen LogP contribution in [0.4, 0.5) is 11.4 Å². The molecule has 0 fully saturated rings. The smallest absolute Gasteiger partial charge is 0.257 e. The highest BCUT2D eigenvalue weighted by atomic mass is 16.1. The number of carbonyl (C=O) groups excluding carboxylic acids is 1. The summed E-state index contributed by atoms with van der Waals surface area (Å²) in [5, 5.41) is 2.85. The lowest BCUT2D eigenvalue weighted by Gasteiger charge is -2.10. The van der Waals surface area contributed by atoms with Crippen molar-refractivity contribution in [3.05, 3.63) is 53.3 Å². The van der Waals surface area contributed by atoms with E-state index in [0.717, 1.165) is 16.8 Å². The number of pyridine rings is 1. The van der Waals surface area contributed by atoms with Gasteiger partial charge in [-0.25, -0.2) is 0 Å². The fraction of sp³-hybridized carbons (Fsp3) is 0.143. The van der Waals surface area contributed by atoms with Gasteiger partial charge < -0.3 is 11.1 Å². The number of aryl methyl sites for hydroxylation is 2. The molecule has 0 unspecified atom stereocenters. The largest absolute Gasteiger partial charge is 0.397 e. The van der Waals surface area contributed by atoms with E-state index >= 15 is 0 Å². The van der Waals surface area contributed by atoms with Crippen LogP contribution in [0.2, 0.25) is 0 Å². The molecule has 0 atom stereocenters. The number of nitrogens with zero attached hydrogens (tertiary/aromatic N) is 1. The predicted octanol–water partition coefficient (Wildman–Crippen LogP) is 2.53. The second-order valence-electron chi connectivity index (χ2n) is 4.24. The zero-order valence-corrected chi connectivity index (χ0v) is 10.4. The van der Waals surface area contributed by atoms with E-state index in [9.17, 15) is 4.79 Å². The minimum absolute atomic E-state index is 0.221. The molecule has 0 aliphatic carbocycles. The second kappa shape index (κ2) is 4.87. The Morgan fingerprint density at radius 3 is 2.72 bits per heavy atom. The first-order chi connectivity index (χ1) is 8.58. The summed E-state index contributed by atoms with van der Waals surface area (Å²) >= 11 is 0. The Bertz CT molecular complexity index is 593. The average Bonchev–Trinajstić information content (AvgIpc) is 2.33. The van der Waals surface area contributed by atoms with E-state index in [0.29, 0.717) is 11.3 Å². The number of aromatic nitrogens is 1. The maximum Gasteiger partial charge on any atom is 0.257 e. The first kappa shape index (κ1) is 12.1. The fourth-order valence-electron chi connectivity index (χ4n) is 1.76. The number of anilines is 2. The van der Waals surface area contributed by atoms with Crippen molar-refractivity contribution < 1.29 is 4.79 Å². The van der Waals surface area contributed by atoms with E-state index < -0.39 is 0 Å². The summed E-state index contributed by atoms with van der Waals surface area (Å²) in [6.45, 7) is 3.97. The minimum Gasteiger partial charge on any atom is -0.397 e. The van der Waals surface area contributed by atoms with Crippen LogP contribution in [-0.4, -0.2) is 10.9 Å². The van der Waals surface area contributed by atoms with Crippen LogP contribution in [0.3, 0.4) is 0 Å². The first-order valence-corrected chi connectivity index (χ1v) is 5.66. The van der Waals surface area contributed by atoms with E-state index in [1.807, 2.05) is 32.0 Å². The molecule has 3 N–H and O–H groups in total. The van der Waals surface area contributed by atoms with Crippen LogP contribution in [-0.2, 0) is 0 Å². The second-order valence-corrected chi connectivity index (χ2v) is 4.24. The molecular formula is C14H15N3O. The van der Waals surface area contributed by atoms with Gasteiger partial charge in [0, 0.05) is 11.9 Å². The lowest BCUT2D eigenvalue weighted by molar-refractivity contribution is 0.102. The summed E-state index contributed by atoms with van der Waals surface area (Å²) in [4.78, 5) is 15.9. The van der Waals surface area contributed by atoms with Gasteiger partial charge in [-0.05, 0) is 31.5 Å². The zero-order chi connectivity index (χ0) is 13.1. The molecule has 0 bridgehead atoms. The Kier molecular flexibility index (Phi) is 3.28. The molecule has 1 aromatic carbocycles. The molecule has 2 aromatic rings. The number of carbonyl (C=O) groups is 1. The molecule has 18 heavy (non-hydrogen) atoms. The number of hydrogen-bond acceptors (Lipinski definition) is 3. The van der Waals surface area contributed by atoms with Gasteiger partial charge in [-0.15, -0.1) is 0 Å². The summed E-state index contributed by atoms with van der Waals surface area (Å²) < 4.78 is 0. The molecule has 0 aliphatic rings. The number of nitrogens with two attached hydrogens (primary N) is 1. The highest BCUT2D eigenvalue weighted by molar-refractivity contribution is 6.07. The highest BCUT2D eigenvalue weighted by Gasteiger charge is 2.10. The lowest BCUT2D eigenvalue weighted by Crippen LogP contribution is -2.14. The van der Waals surface area contributed by atoms with Crippen molar-refractivity contribution in [3.8, 4) is 0 Å². The minimum atomic E-state index is -0.221. The standard InChI is InChI=1S/C14H15N3O/c1-9-3-4-13(10(2)7-9)17-14(18)11-5-6-16-8-12(11)15/h3-8H,15H2,1-2H3,(H,17,18). The van der Waals surface area contributed by atoms with Crippen LogP contribution in [0.15, 0.2) is 36.7 Å². The third-order valence-corrected chi connectivity index (χ3v) is 2.73. The molecule has 0 radical (unpaired) electrons. The maximum atomic E-state index is 12.1. The zero-order valence-electron chi connectivity index (χ0n) is 10.4.